The van der Waals surface area contributed by atoms with Crippen LogP contribution in [0.5, 0.6) is 11.5 Å². The number of piperidine rings is 1. The van der Waals surface area contributed by atoms with Crippen molar-refractivity contribution in [2.24, 2.45) is 5.92 Å². The monoisotopic (exact) mass is 584 g/mol. The summed E-state index contributed by atoms with van der Waals surface area (Å²) in [5, 5.41) is 14.0. The van der Waals surface area contributed by atoms with Crippen LogP contribution in [0.3, 0.4) is 0 Å². The van der Waals surface area contributed by atoms with Crippen LogP contribution in [0.1, 0.15) is 34.5 Å². The highest BCUT2D eigenvalue weighted by molar-refractivity contribution is 7.19. The second kappa shape index (κ2) is 12.6. The third-order valence-corrected chi connectivity index (χ3v) is 9.11. The first kappa shape index (κ1) is 28.3. The van der Waals surface area contributed by atoms with Crippen molar-refractivity contribution in [3.63, 3.8) is 0 Å². The van der Waals surface area contributed by atoms with Crippen molar-refractivity contribution in [2.45, 2.75) is 39.7 Å². The third-order valence-electron chi connectivity index (χ3n) is 7.98. The SMILES string of the molecule is Cc1ccc(Oc2ccc(Nc3ncnc4sc5c(c34)CCN(C(=O)/C=C/CN3CCC[C@H](CO)C3)C5)cc2C)cn1. The number of nitrogens with one attached hydrogen (secondary N) is 1. The molecule has 0 unspecified atom stereocenters. The maximum absolute atomic E-state index is 13.0. The van der Waals surface area contributed by atoms with Gasteiger partial charge in [-0.05, 0) is 87.0 Å². The molecular formula is C32H36N6O3S. The normalized spacial score (nSPS) is 17.5. The Morgan fingerprint density at radius 1 is 1.19 bits per heavy atom. The summed E-state index contributed by atoms with van der Waals surface area (Å²) in [5.74, 6) is 2.63. The molecule has 9 nitrogen and oxygen atoms in total. The summed E-state index contributed by atoms with van der Waals surface area (Å²) in [7, 11) is 0. The summed E-state index contributed by atoms with van der Waals surface area (Å²) >= 11 is 1.64. The maximum atomic E-state index is 13.0. The number of pyridine rings is 1. The number of likely N-dealkylation sites (tertiary alicyclic amines) is 1. The molecule has 4 aromatic rings. The van der Waals surface area contributed by atoms with Crippen LogP contribution in [0.4, 0.5) is 11.5 Å². The van der Waals surface area contributed by atoms with Gasteiger partial charge in [-0.15, -0.1) is 11.3 Å². The molecule has 3 aromatic heterocycles. The maximum Gasteiger partial charge on any atom is 0.246 e. The van der Waals surface area contributed by atoms with E-state index in [1.807, 2.05) is 55.2 Å². The largest absolute Gasteiger partial charge is 0.455 e. The summed E-state index contributed by atoms with van der Waals surface area (Å²) in [6, 6.07) is 9.83. The van der Waals surface area contributed by atoms with Crippen LogP contribution in [-0.2, 0) is 17.8 Å². The zero-order valence-electron chi connectivity index (χ0n) is 24.0. The Balaban J connectivity index is 1.13. The number of benzene rings is 1. The van der Waals surface area contributed by atoms with Gasteiger partial charge < -0.3 is 20.1 Å². The lowest BCUT2D eigenvalue weighted by Gasteiger charge is -2.31. The molecule has 218 valence electrons. The van der Waals surface area contributed by atoms with Gasteiger partial charge in [0.15, 0.2) is 0 Å². The van der Waals surface area contributed by atoms with E-state index < -0.39 is 0 Å². The molecule has 2 aliphatic heterocycles. The standard InChI is InChI=1S/C32H36N6O3S/c1-21-15-24(8-10-27(21)41-25-9-7-22(2)33-16-25)36-31-30-26-11-14-38(18-28(26)42-32(30)35-20-34-31)29(40)6-4-13-37-12-3-5-23(17-37)19-39/h4,6-10,15-16,20,23,39H,3,5,11-14,17-19H2,1-2H3,(H,34,35,36)/b6-4+/t23-/m0/s1. The molecule has 1 atom stereocenters. The van der Waals surface area contributed by atoms with E-state index in [0.29, 0.717) is 24.8 Å². The van der Waals surface area contributed by atoms with E-state index in [9.17, 15) is 9.90 Å². The van der Waals surface area contributed by atoms with Crippen LogP contribution in [-0.4, -0.2) is 68.6 Å². The molecule has 0 spiro atoms. The first-order chi connectivity index (χ1) is 20.5. The van der Waals surface area contributed by atoms with Gasteiger partial charge in [0.2, 0.25) is 5.91 Å². The minimum atomic E-state index is 0.0393. The number of aliphatic hydroxyl groups excluding tert-OH is 1. The van der Waals surface area contributed by atoms with Gasteiger partial charge in [0.25, 0.3) is 0 Å². The first-order valence-corrected chi connectivity index (χ1v) is 15.3. The Hall–Kier alpha value is -3.86. The minimum Gasteiger partial charge on any atom is -0.455 e. The lowest BCUT2D eigenvalue weighted by atomic mass is 9.99. The fourth-order valence-electron chi connectivity index (χ4n) is 5.70. The number of aliphatic hydroxyl groups is 1. The van der Waals surface area contributed by atoms with Crippen LogP contribution in [0.25, 0.3) is 10.2 Å². The van der Waals surface area contributed by atoms with Crippen LogP contribution in [0, 0.1) is 19.8 Å². The van der Waals surface area contributed by atoms with Crippen molar-refractivity contribution in [1.29, 1.82) is 0 Å². The predicted octanol–water partition coefficient (Wildman–Crippen LogP) is 5.38. The minimum absolute atomic E-state index is 0.0393. The lowest BCUT2D eigenvalue weighted by molar-refractivity contribution is -0.126. The lowest BCUT2D eigenvalue weighted by Crippen LogP contribution is -2.37. The van der Waals surface area contributed by atoms with Crippen molar-refractivity contribution in [3.05, 3.63) is 76.7 Å². The molecular weight excluding hydrogens is 548 g/mol. The summed E-state index contributed by atoms with van der Waals surface area (Å²) in [6.45, 7) is 8.09. The van der Waals surface area contributed by atoms with Crippen molar-refractivity contribution >= 4 is 39.0 Å². The number of hydrogen-bond acceptors (Lipinski definition) is 9. The van der Waals surface area contributed by atoms with Gasteiger partial charge in [-0.2, -0.15) is 0 Å². The van der Waals surface area contributed by atoms with E-state index >= 15 is 0 Å². The molecule has 0 saturated carbocycles. The molecule has 1 saturated heterocycles. The van der Waals surface area contributed by atoms with Crippen molar-refractivity contribution < 1.29 is 14.6 Å². The molecule has 0 bridgehead atoms. The molecule has 1 amide bonds. The van der Waals surface area contributed by atoms with Crippen molar-refractivity contribution in [1.82, 2.24) is 24.8 Å². The van der Waals surface area contributed by atoms with Crippen LogP contribution >= 0.6 is 11.3 Å². The molecule has 0 aliphatic carbocycles. The van der Waals surface area contributed by atoms with E-state index in [0.717, 1.165) is 82.5 Å². The van der Waals surface area contributed by atoms with Crippen molar-refractivity contribution in [3.8, 4) is 11.5 Å². The molecule has 6 rings (SSSR count). The number of carbonyl (C=O) groups excluding carboxylic acids is 1. The van der Waals surface area contributed by atoms with E-state index in [2.05, 4.69) is 25.2 Å². The van der Waals surface area contributed by atoms with Gasteiger partial charge in [0.1, 0.15) is 28.5 Å². The second-order valence-electron chi connectivity index (χ2n) is 11.1. The van der Waals surface area contributed by atoms with Gasteiger partial charge in [0, 0.05) is 48.6 Å². The van der Waals surface area contributed by atoms with Gasteiger partial charge in [-0.3, -0.25) is 14.7 Å². The zero-order valence-corrected chi connectivity index (χ0v) is 24.9. The Morgan fingerprint density at radius 2 is 2.10 bits per heavy atom. The number of aromatic nitrogens is 3. The highest BCUT2D eigenvalue weighted by Crippen LogP contribution is 2.38. The van der Waals surface area contributed by atoms with Crippen LogP contribution < -0.4 is 10.1 Å². The fourth-order valence-corrected chi connectivity index (χ4v) is 6.91. The Bertz CT molecular complexity index is 1600. The highest BCUT2D eigenvalue weighted by Gasteiger charge is 2.26. The summed E-state index contributed by atoms with van der Waals surface area (Å²) in [4.78, 5) is 32.8. The summed E-state index contributed by atoms with van der Waals surface area (Å²) in [5.41, 5.74) is 4.08. The number of aryl methyl sites for hydroxylation is 2. The van der Waals surface area contributed by atoms with Crippen LogP contribution in [0.15, 0.2) is 55.0 Å². The number of carbonyl (C=O) groups is 1. The number of fused-ring (bicyclic) bond motifs is 3. The quantitative estimate of drug-likeness (QED) is 0.266. The number of rotatable bonds is 8. The Morgan fingerprint density at radius 3 is 2.90 bits per heavy atom. The summed E-state index contributed by atoms with van der Waals surface area (Å²) in [6.07, 6.45) is 9.93. The van der Waals surface area contributed by atoms with Crippen LogP contribution in [0.2, 0.25) is 0 Å². The second-order valence-corrected chi connectivity index (χ2v) is 12.2. The molecule has 2 N–H and O–H groups in total. The number of thiophene rings is 1. The fraction of sp³-hybridized carbons (Fsp3) is 0.375. The molecule has 5 heterocycles. The van der Waals surface area contributed by atoms with E-state index in [-0.39, 0.29) is 12.5 Å². The van der Waals surface area contributed by atoms with Crippen molar-refractivity contribution in [2.75, 3.05) is 38.1 Å². The van der Waals surface area contributed by atoms with Gasteiger partial charge in [0.05, 0.1) is 18.1 Å². The number of anilines is 2. The molecule has 10 heteroatoms. The van der Waals surface area contributed by atoms with Gasteiger partial charge in [-0.1, -0.05) is 6.08 Å². The Kier molecular flexibility index (Phi) is 8.46. The highest BCUT2D eigenvalue weighted by atomic mass is 32.1. The molecule has 0 radical (unpaired) electrons. The number of amides is 1. The molecule has 1 aromatic carbocycles. The smallest absolute Gasteiger partial charge is 0.246 e. The number of ether oxygens (including phenoxy) is 1. The number of hydrogen-bond donors (Lipinski definition) is 2. The average Bonchev–Trinajstić information content (AvgIpc) is 3.38. The predicted molar refractivity (Wildman–Crippen MR) is 165 cm³/mol. The topological polar surface area (TPSA) is 104 Å². The molecule has 2 aliphatic rings. The van der Waals surface area contributed by atoms with E-state index in [1.165, 1.54) is 5.56 Å². The average molecular weight is 585 g/mol. The Labute approximate surface area is 249 Å². The molecule has 1 fully saturated rings. The van der Waals surface area contributed by atoms with E-state index in [4.69, 9.17) is 4.74 Å². The number of nitrogens with zero attached hydrogens (tertiary/aromatic N) is 5. The first-order valence-electron chi connectivity index (χ1n) is 14.5. The zero-order chi connectivity index (χ0) is 29.1. The summed E-state index contributed by atoms with van der Waals surface area (Å²) < 4.78 is 6.03. The van der Waals surface area contributed by atoms with Gasteiger partial charge in [-0.25, -0.2) is 9.97 Å². The van der Waals surface area contributed by atoms with E-state index in [1.54, 1.807) is 29.9 Å². The molecule has 42 heavy (non-hydrogen) atoms. The van der Waals surface area contributed by atoms with Gasteiger partial charge >= 0.3 is 0 Å². The third kappa shape index (κ3) is 6.30.